The summed E-state index contributed by atoms with van der Waals surface area (Å²) in [5.74, 6) is -8.20. The maximum atomic E-state index is 14.4. The third-order valence-corrected chi connectivity index (χ3v) is 6.24. The van der Waals surface area contributed by atoms with Gasteiger partial charge in [-0.15, -0.1) is 0 Å². The zero-order valence-corrected chi connectivity index (χ0v) is 18.7. The highest BCUT2D eigenvalue weighted by Crippen LogP contribution is 2.55. The second kappa shape index (κ2) is 9.14. The number of nitrogens with zero attached hydrogens (tertiary/aromatic N) is 1. The number of nitrogens with two attached hydrogens (primary N) is 1. The summed E-state index contributed by atoms with van der Waals surface area (Å²) < 4.78 is 80.3. The molecule has 3 N–H and O–H groups in total. The normalized spacial score (nSPS) is 24.0. The monoisotopic (exact) mass is 497 g/mol. The predicted octanol–water partition coefficient (Wildman–Crippen LogP) is 4.02. The van der Waals surface area contributed by atoms with Crippen molar-refractivity contribution in [2.75, 3.05) is 12.4 Å². The van der Waals surface area contributed by atoms with Gasteiger partial charge in [0.25, 0.3) is 5.91 Å². The molecule has 3 rings (SSSR count). The van der Waals surface area contributed by atoms with Crippen molar-refractivity contribution in [2.45, 2.75) is 37.6 Å². The molecule has 1 saturated heterocycles. The Labute approximate surface area is 196 Å². The number of halogens is 5. The largest absolute Gasteiger partial charge is 0.493 e. The number of anilines is 1. The van der Waals surface area contributed by atoms with Gasteiger partial charge in [-0.1, -0.05) is 13.0 Å². The van der Waals surface area contributed by atoms with Crippen LogP contribution in [0.2, 0.25) is 0 Å². The van der Waals surface area contributed by atoms with E-state index in [-0.39, 0.29) is 22.4 Å². The van der Waals surface area contributed by atoms with Crippen LogP contribution in [0.25, 0.3) is 0 Å². The fraction of sp³-hybridized carbons (Fsp3) is 0.348. The number of hydrogen-bond acceptors (Lipinski definition) is 5. The second-order valence-corrected chi connectivity index (χ2v) is 8.17. The summed E-state index contributed by atoms with van der Waals surface area (Å²) in [6, 6.07) is 7.05. The van der Waals surface area contributed by atoms with Crippen molar-refractivity contribution in [3.05, 3.63) is 58.7 Å². The van der Waals surface area contributed by atoms with Gasteiger partial charge in [0.15, 0.2) is 17.2 Å². The lowest BCUT2D eigenvalue weighted by molar-refractivity contribution is -0.272. The fourth-order valence-corrected chi connectivity index (χ4v) is 4.18. The van der Waals surface area contributed by atoms with Crippen molar-refractivity contribution in [3.63, 3.8) is 0 Å². The Kier molecular flexibility index (Phi) is 6.77. The number of hydrogen-bond donors (Lipinski definition) is 2. The maximum Gasteiger partial charge on any atom is 0.417 e. The lowest BCUT2D eigenvalue weighted by Crippen LogP contribution is -2.47. The van der Waals surface area contributed by atoms with Gasteiger partial charge in [-0.2, -0.15) is 22.8 Å². The van der Waals surface area contributed by atoms with Gasteiger partial charge in [0, 0.05) is 23.1 Å². The third kappa shape index (κ3) is 4.39. The third-order valence-electron chi connectivity index (χ3n) is 6.24. The van der Waals surface area contributed by atoms with Crippen molar-refractivity contribution in [1.82, 2.24) is 0 Å². The van der Waals surface area contributed by atoms with E-state index in [0.717, 1.165) is 32.2 Å². The average Bonchev–Trinajstić information content (AvgIpc) is 3.07. The number of rotatable bonds is 5. The number of ether oxygens (including phenoxy) is 2. The zero-order chi connectivity index (χ0) is 26.3. The standard InChI is InChI=1S/C23H20F5N3O4/c1-10-16(13-6-7-15(24)17(25)18(13)34-3)19(35-22(10,2)23(26,27)28)21(33)31-12-5-4-11(9-29)14(8-12)20(30)32/h4-8,10,16,19H,1-3H3,(H2,30,32)(H,31,33)/t10-,16-,19+,22+/m0/s1. The Balaban J connectivity index is 2.09. The van der Waals surface area contributed by atoms with Gasteiger partial charge in [0.1, 0.15) is 6.10 Å². The van der Waals surface area contributed by atoms with Crippen molar-refractivity contribution in [1.29, 1.82) is 5.26 Å². The van der Waals surface area contributed by atoms with Crippen molar-refractivity contribution < 1.29 is 41.0 Å². The van der Waals surface area contributed by atoms with Gasteiger partial charge in [-0.05, 0) is 31.2 Å². The summed E-state index contributed by atoms with van der Waals surface area (Å²) in [6.45, 7) is 1.94. The van der Waals surface area contributed by atoms with E-state index in [4.69, 9.17) is 20.5 Å². The molecule has 1 aliphatic heterocycles. The minimum absolute atomic E-state index is 0.0457. The molecule has 35 heavy (non-hydrogen) atoms. The summed E-state index contributed by atoms with van der Waals surface area (Å²) >= 11 is 0. The minimum atomic E-state index is -4.92. The Bertz CT molecular complexity index is 1230. The van der Waals surface area contributed by atoms with Crippen LogP contribution in [0.3, 0.4) is 0 Å². The first-order valence-corrected chi connectivity index (χ1v) is 10.2. The topological polar surface area (TPSA) is 114 Å². The molecule has 4 atom stereocenters. The molecule has 0 aliphatic carbocycles. The molecule has 1 fully saturated rings. The van der Waals surface area contributed by atoms with Crippen molar-refractivity contribution in [3.8, 4) is 11.8 Å². The first-order chi connectivity index (χ1) is 16.3. The Morgan fingerprint density at radius 2 is 1.89 bits per heavy atom. The minimum Gasteiger partial charge on any atom is -0.493 e. The van der Waals surface area contributed by atoms with E-state index >= 15 is 0 Å². The van der Waals surface area contributed by atoms with E-state index in [0.29, 0.717) is 0 Å². The van der Waals surface area contributed by atoms with Crippen molar-refractivity contribution >= 4 is 17.5 Å². The highest BCUT2D eigenvalue weighted by molar-refractivity contribution is 5.99. The van der Waals surface area contributed by atoms with Gasteiger partial charge in [-0.25, -0.2) is 4.39 Å². The molecule has 12 heteroatoms. The first-order valence-electron chi connectivity index (χ1n) is 10.2. The van der Waals surface area contributed by atoms with Crippen LogP contribution in [0, 0.1) is 28.9 Å². The molecule has 0 saturated carbocycles. The van der Waals surface area contributed by atoms with E-state index in [1.807, 2.05) is 0 Å². The molecule has 0 radical (unpaired) electrons. The number of carbonyl (C=O) groups excluding carboxylic acids is 2. The molecule has 2 aromatic rings. The molecule has 186 valence electrons. The van der Waals surface area contributed by atoms with Crippen LogP contribution in [0.1, 0.15) is 41.3 Å². The number of nitrogens with one attached hydrogen (secondary N) is 1. The quantitative estimate of drug-likeness (QED) is 0.606. The van der Waals surface area contributed by atoms with Crippen LogP contribution in [0.5, 0.6) is 5.75 Å². The molecule has 0 unspecified atom stereocenters. The lowest BCUT2D eigenvalue weighted by atomic mass is 9.77. The molecule has 1 heterocycles. The van der Waals surface area contributed by atoms with Gasteiger partial charge < -0.3 is 20.5 Å². The van der Waals surface area contributed by atoms with E-state index in [9.17, 15) is 31.5 Å². The predicted molar refractivity (Wildman–Crippen MR) is 112 cm³/mol. The number of benzene rings is 2. The SMILES string of the molecule is COc1c([C@H]2[C@H](C(=O)Nc3ccc(C#N)c(C(N)=O)c3)O[C@@](C)(C(F)(F)F)[C@H]2C)ccc(F)c1F. The number of alkyl halides is 3. The van der Waals surface area contributed by atoms with Gasteiger partial charge in [-0.3, -0.25) is 9.59 Å². The second-order valence-electron chi connectivity index (χ2n) is 8.17. The van der Waals surface area contributed by atoms with Crippen LogP contribution < -0.4 is 15.8 Å². The Hall–Kier alpha value is -3.72. The number of carbonyl (C=O) groups is 2. The van der Waals surface area contributed by atoms with Gasteiger partial charge >= 0.3 is 6.18 Å². The number of nitriles is 1. The van der Waals surface area contributed by atoms with Crippen molar-refractivity contribution in [2.24, 2.45) is 11.7 Å². The first kappa shape index (κ1) is 25.9. The molecule has 0 aromatic heterocycles. The number of primary amides is 1. The van der Waals surface area contributed by atoms with Gasteiger partial charge in [0.05, 0.1) is 24.3 Å². The molecule has 1 aliphatic rings. The molecule has 7 nitrogen and oxygen atoms in total. The van der Waals surface area contributed by atoms with E-state index < -0.39 is 58.9 Å². The fourth-order valence-electron chi connectivity index (χ4n) is 4.18. The molecule has 0 spiro atoms. The van der Waals surface area contributed by atoms with Crippen LogP contribution in [-0.4, -0.2) is 36.8 Å². The summed E-state index contributed by atoms with van der Waals surface area (Å²) in [7, 11) is 1.02. The summed E-state index contributed by atoms with van der Waals surface area (Å²) in [5, 5.41) is 11.4. The van der Waals surface area contributed by atoms with E-state index in [1.54, 1.807) is 6.07 Å². The number of amides is 2. The molecule has 2 amide bonds. The van der Waals surface area contributed by atoms with Crippen LogP contribution in [0.4, 0.5) is 27.6 Å². The zero-order valence-electron chi connectivity index (χ0n) is 18.7. The molecule has 0 bridgehead atoms. The molecular formula is C23H20F5N3O4. The number of methoxy groups -OCH3 is 1. The van der Waals surface area contributed by atoms with E-state index in [2.05, 4.69) is 5.32 Å². The lowest BCUT2D eigenvalue weighted by Gasteiger charge is -2.32. The Morgan fingerprint density at radius 1 is 1.23 bits per heavy atom. The maximum absolute atomic E-state index is 14.4. The summed E-state index contributed by atoms with van der Waals surface area (Å²) in [5.41, 5.74) is 1.89. The van der Waals surface area contributed by atoms with Crippen LogP contribution >= 0.6 is 0 Å². The highest BCUT2D eigenvalue weighted by Gasteiger charge is 2.65. The summed E-state index contributed by atoms with van der Waals surface area (Å²) in [6.07, 6.45) is -6.73. The van der Waals surface area contributed by atoms with Crippen LogP contribution in [-0.2, 0) is 9.53 Å². The van der Waals surface area contributed by atoms with Gasteiger partial charge in [0.2, 0.25) is 11.7 Å². The molecular weight excluding hydrogens is 477 g/mol. The Morgan fingerprint density at radius 3 is 2.43 bits per heavy atom. The smallest absolute Gasteiger partial charge is 0.417 e. The van der Waals surface area contributed by atoms with E-state index in [1.165, 1.54) is 19.1 Å². The summed E-state index contributed by atoms with van der Waals surface area (Å²) in [4.78, 5) is 24.8. The average molecular weight is 497 g/mol. The van der Waals surface area contributed by atoms with Crippen LogP contribution in [0.15, 0.2) is 30.3 Å². The molecule has 2 aromatic carbocycles. The highest BCUT2D eigenvalue weighted by atomic mass is 19.4.